The molecule has 0 aliphatic carbocycles. The van der Waals surface area contributed by atoms with E-state index in [2.05, 4.69) is 48.7 Å². The lowest BCUT2D eigenvalue weighted by Crippen LogP contribution is -2.32. The van der Waals surface area contributed by atoms with E-state index in [1.807, 2.05) is 23.5 Å². The molecule has 0 radical (unpaired) electrons. The van der Waals surface area contributed by atoms with Crippen LogP contribution < -0.4 is 5.32 Å². The Hall–Kier alpha value is -1.10. The molecule has 2 aromatic heterocycles. The molecule has 0 spiro atoms. The molecule has 104 valence electrons. The van der Waals surface area contributed by atoms with Gasteiger partial charge in [0.15, 0.2) is 0 Å². The zero-order chi connectivity index (χ0) is 13.7. The van der Waals surface area contributed by atoms with E-state index in [1.165, 1.54) is 4.88 Å². The topological polar surface area (TPSA) is 28.4 Å². The Bertz CT molecular complexity index is 450. The molecule has 0 aliphatic rings. The molecule has 0 amide bonds. The first-order valence-electron chi connectivity index (χ1n) is 6.69. The normalized spacial score (nSPS) is 14.7. The molecule has 2 atom stereocenters. The molecule has 0 fully saturated rings. The predicted octanol–water partition coefficient (Wildman–Crippen LogP) is 3.68. The van der Waals surface area contributed by atoms with Crippen LogP contribution in [0.5, 0.6) is 0 Å². The number of thiophene rings is 1. The van der Waals surface area contributed by atoms with Crippen LogP contribution in [0.3, 0.4) is 0 Å². The Labute approximate surface area is 119 Å². The van der Waals surface area contributed by atoms with Gasteiger partial charge in [-0.2, -0.15) is 0 Å². The predicted molar refractivity (Wildman–Crippen MR) is 80.5 cm³/mol. The summed E-state index contributed by atoms with van der Waals surface area (Å²) < 4.78 is 5.50. The second kappa shape index (κ2) is 6.89. The molecule has 19 heavy (non-hydrogen) atoms. The molecular formula is C15H22N2OS. The summed E-state index contributed by atoms with van der Waals surface area (Å²) >= 11 is 1.81. The van der Waals surface area contributed by atoms with E-state index in [-0.39, 0.29) is 6.04 Å². The molecule has 0 saturated carbocycles. The van der Waals surface area contributed by atoms with E-state index in [1.54, 1.807) is 6.26 Å². The van der Waals surface area contributed by atoms with Crippen molar-refractivity contribution in [1.29, 1.82) is 0 Å². The van der Waals surface area contributed by atoms with Crippen molar-refractivity contribution in [1.82, 2.24) is 10.2 Å². The first-order chi connectivity index (χ1) is 9.22. The summed E-state index contributed by atoms with van der Waals surface area (Å²) in [5.41, 5.74) is 0. The van der Waals surface area contributed by atoms with E-state index >= 15 is 0 Å². The minimum Gasteiger partial charge on any atom is -0.468 e. The van der Waals surface area contributed by atoms with Gasteiger partial charge in [-0.1, -0.05) is 13.0 Å². The highest BCUT2D eigenvalue weighted by Gasteiger charge is 2.18. The summed E-state index contributed by atoms with van der Waals surface area (Å²) in [6, 6.07) is 8.99. The van der Waals surface area contributed by atoms with Crippen molar-refractivity contribution >= 4 is 11.3 Å². The molecule has 2 aromatic rings. The second-order valence-electron chi connectivity index (χ2n) is 4.88. The third kappa shape index (κ3) is 3.69. The molecule has 2 unspecified atom stereocenters. The molecular weight excluding hydrogens is 256 g/mol. The van der Waals surface area contributed by atoms with Crippen molar-refractivity contribution in [2.45, 2.75) is 25.4 Å². The average molecular weight is 278 g/mol. The zero-order valence-corrected chi connectivity index (χ0v) is 12.6. The van der Waals surface area contributed by atoms with Gasteiger partial charge in [0.25, 0.3) is 0 Å². The fourth-order valence-corrected chi connectivity index (χ4v) is 3.13. The molecule has 0 bridgehead atoms. The van der Waals surface area contributed by atoms with E-state index in [4.69, 9.17) is 4.42 Å². The maximum Gasteiger partial charge on any atom is 0.120 e. The van der Waals surface area contributed by atoms with Gasteiger partial charge in [-0.05, 0) is 44.1 Å². The van der Waals surface area contributed by atoms with Crippen LogP contribution >= 0.6 is 11.3 Å². The Kier molecular flexibility index (Phi) is 5.19. The van der Waals surface area contributed by atoms with Crippen LogP contribution in [0.1, 0.15) is 36.1 Å². The van der Waals surface area contributed by atoms with Gasteiger partial charge in [0.1, 0.15) is 5.76 Å². The number of rotatable bonds is 7. The molecule has 4 heteroatoms. The van der Waals surface area contributed by atoms with Crippen LogP contribution in [0.15, 0.2) is 40.3 Å². The van der Waals surface area contributed by atoms with E-state index in [0.717, 1.165) is 18.7 Å². The molecule has 0 aromatic carbocycles. The fourth-order valence-electron chi connectivity index (χ4n) is 2.21. The number of nitrogens with one attached hydrogen (secondary N) is 1. The summed E-state index contributed by atoms with van der Waals surface area (Å²) in [7, 11) is 4.25. The van der Waals surface area contributed by atoms with Crippen molar-refractivity contribution in [2.24, 2.45) is 0 Å². The minimum absolute atomic E-state index is 0.289. The molecule has 2 heterocycles. The largest absolute Gasteiger partial charge is 0.468 e. The SMILES string of the molecule is CCC(NCC(c1cccs1)N(C)C)c1ccco1. The molecule has 0 aliphatic heterocycles. The molecule has 0 saturated heterocycles. The van der Waals surface area contributed by atoms with Crippen LogP contribution in [-0.2, 0) is 0 Å². The smallest absolute Gasteiger partial charge is 0.120 e. The maximum absolute atomic E-state index is 5.50. The van der Waals surface area contributed by atoms with E-state index in [9.17, 15) is 0 Å². The highest BCUT2D eigenvalue weighted by Crippen LogP contribution is 2.24. The zero-order valence-electron chi connectivity index (χ0n) is 11.8. The van der Waals surface area contributed by atoms with Gasteiger partial charge in [-0.3, -0.25) is 0 Å². The highest BCUT2D eigenvalue weighted by molar-refractivity contribution is 7.10. The van der Waals surface area contributed by atoms with Gasteiger partial charge >= 0.3 is 0 Å². The Morgan fingerprint density at radius 3 is 2.68 bits per heavy atom. The highest BCUT2D eigenvalue weighted by atomic mass is 32.1. The van der Waals surface area contributed by atoms with Crippen LogP contribution in [0.25, 0.3) is 0 Å². The second-order valence-corrected chi connectivity index (χ2v) is 5.86. The van der Waals surface area contributed by atoms with Crippen molar-refractivity contribution in [3.63, 3.8) is 0 Å². The number of likely N-dealkylation sites (N-methyl/N-ethyl adjacent to an activating group) is 1. The number of hydrogen-bond donors (Lipinski definition) is 1. The van der Waals surface area contributed by atoms with Crippen LogP contribution in [-0.4, -0.2) is 25.5 Å². The summed E-state index contributed by atoms with van der Waals surface area (Å²) in [6.45, 7) is 3.10. The Balaban J connectivity index is 1.99. The third-order valence-electron chi connectivity index (χ3n) is 3.35. The number of furan rings is 1. The van der Waals surface area contributed by atoms with Gasteiger partial charge in [0.2, 0.25) is 0 Å². The van der Waals surface area contributed by atoms with Gasteiger partial charge < -0.3 is 14.6 Å². The summed E-state index contributed by atoms with van der Waals surface area (Å²) in [4.78, 5) is 3.65. The van der Waals surface area contributed by atoms with Crippen molar-refractivity contribution in [2.75, 3.05) is 20.6 Å². The lowest BCUT2D eigenvalue weighted by atomic mass is 10.1. The lowest BCUT2D eigenvalue weighted by Gasteiger charge is -2.26. The van der Waals surface area contributed by atoms with Crippen LogP contribution in [0.4, 0.5) is 0 Å². The average Bonchev–Trinajstić information content (AvgIpc) is 3.06. The lowest BCUT2D eigenvalue weighted by molar-refractivity contribution is 0.275. The maximum atomic E-state index is 5.50. The number of nitrogens with zero attached hydrogens (tertiary/aromatic N) is 1. The van der Waals surface area contributed by atoms with Crippen LogP contribution in [0, 0.1) is 0 Å². The van der Waals surface area contributed by atoms with Crippen molar-refractivity contribution < 1.29 is 4.42 Å². The fraction of sp³-hybridized carbons (Fsp3) is 0.467. The van der Waals surface area contributed by atoms with Gasteiger partial charge in [0, 0.05) is 11.4 Å². The van der Waals surface area contributed by atoms with Crippen molar-refractivity contribution in [3.8, 4) is 0 Å². The minimum atomic E-state index is 0.289. The van der Waals surface area contributed by atoms with Gasteiger partial charge in [-0.15, -0.1) is 11.3 Å². The quantitative estimate of drug-likeness (QED) is 0.837. The first kappa shape index (κ1) is 14.3. The van der Waals surface area contributed by atoms with E-state index < -0.39 is 0 Å². The molecule has 1 N–H and O–H groups in total. The summed E-state index contributed by atoms with van der Waals surface area (Å²) in [5, 5.41) is 5.75. The molecule has 3 nitrogen and oxygen atoms in total. The number of hydrogen-bond acceptors (Lipinski definition) is 4. The van der Waals surface area contributed by atoms with Crippen molar-refractivity contribution in [3.05, 3.63) is 46.5 Å². The standard InChI is InChI=1S/C15H22N2OS/c1-4-12(14-7-5-9-18-14)16-11-13(17(2)3)15-8-6-10-19-15/h5-10,12-13,16H,4,11H2,1-3H3. The summed E-state index contributed by atoms with van der Waals surface area (Å²) in [6.07, 6.45) is 2.76. The van der Waals surface area contributed by atoms with Crippen LogP contribution in [0.2, 0.25) is 0 Å². The Morgan fingerprint density at radius 2 is 2.16 bits per heavy atom. The summed E-state index contributed by atoms with van der Waals surface area (Å²) in [5.74, 6) is 1.02. The molecule has 2 rings (SSSR count). The van der Waals surface area contributed by atoms with E-state index in [0.29, 0.717) is 6.04 Å². The van der Waals surface area contributed by atoms with Gasteiger partial charge in [-0.25, -0.2) is 0 Å². The third-order valence-corrected chi connectivity index (χ3v) is 4.32. The monoisotopic (exact) mass is 278 g/mol. The Morgan fingerprint density at radius 1 is 1.32 bits per heavy atom. The first-order valence-corrected chi connectivity index (χ1v) is 7.57. The van der Waals surface area contributed by atoms with Gasteiger partial charge in [0.05, 0.1) is 18.3 Å².